The summed E-state index contributed by atoms with van der Waals surface area (Å²) in [6, 6.07) is 27.6. The molecular formula is C24H16N2OS. The summed E-state index contributed by atoms with van der Waals surface area (Å²) in [7, 11) is 0. The normalized spacial score (nSPS) is 14.5. The Morgan fingerprint density at radius 3 is 2.25 bits per heavy atom. The van der Waals surface area contributed by atoms with Gasteiger partial charge in [0, 0.05) is 11.3 Å². The molecule has 3 nitrogen and oxygen atoms in total. The molecule has 0 fully saturated rings. The average Bonchev–Trinajstić information content (AvgIpc) is 3.37. The number of aliphatic imine (C=N–C) groups is 1. The third kappa shape index (κ3) is 2.84. The van der Waals surface area contributed by atoms with E-state index in [0.29, 0.717) is 5.71 Å². The van der Waals surface area contributed by atoms with Gasteiger partial charge >= 0.3 is 0 Å². The van der Waals surface area contributed by atoms with Crippen molar-refractivity contribution in [3.05, 3.63) is 101 Å². The van der Waals surface area contributed by atoms with Gasteiger partial charge < -0.3 is 0 Å². The van der Waals surface area contributed by atoms with Crippen molar-refractivity contribution in [1.82, 2.24) is 0 Å². The first-order valence-electron chi connectivity index (χ1n) is 9.01. The lowest BCUT2D eigenvalue weighted by Gasteiger charge is -2.16. The summed E-state index contributed by atoms with van der Waals surface area (Å²) in [5.41, 5.74) is 6.16. The average molecular weight is 380 g/mol. The van der Waals surface area contributed by atoms with Crippen LogP contribution in [0.3, 0.4) is 0 Å². The lowest BCUT2D eigenvalue weighted by atomic mass is 10.1. The smallest absolute Gasteiger partial charge is 0.275 e. The van der Waals surface area contributed by atoms with Crippen LogP contribution in [0.25, 0.3) is 11.1 Å². The molecule has 5 rings (SSSR count). The standard InChI is InChI=1S/C24H16N2OS/c27-24-23(25-19-12-10-17(11-13-19)18-14-15-28-16-18)21-8-4-5-9-22(21)26(24)20-6-2-1-3-7-20/h1-16H. The highest BCUT2D eigenvalue weighted by Crippen LogP contribution is 2.36. The third-order valence-electron chi connectivity index (χ3n) is 4.78. The highest BCUT2D eigenvalue weighted by molar-refractivity contribution is 7.08. The quantitative estimate of drug-likeness (QED) is 0.416. The summed E-state index contributed by atoms with van der Waals surface area (Å²) < 4.78 is 0. The second-order valence-electron chi connectivity index (χ2n) is 6.51. The Hall–Kier alpha value is -3.50. The van der Waals surface area contributed by atoms with E-state index in [1.54, 1.807) is 16.2 Å². The number of carbonyl (C=O) groups excluding carboxylic acids is 1. The highest BCUT2D eigenvalue weighted by atomic mass is 32.1. The Bertz CT molecular complexity index is 1160. The first-order chi connectivity index (χ1) is 13.8. The number of fused-ring (bicyclic) bond motifs is 1. The fourth-order valence-corrected chi connectivity index (χ4v) is 4.09. The molecule has 0 unspecified atom stereocenters. The number of para-hydroxylation sites is 2. The summed E-state index contributed by atoms with van der Waals surface area (Å²) in [6.07, 6.45) is 0. The number of hydrogen-bond donors (Lipinski definition) is 0. The molecule has 0 radical (unpaired) electrons. The lowest BCUT2D eigenvalue weighted by molar-refractivity contribution is -0.111. The number of hydrogen-bond acceptors (Lipinski definition) is 3. The van der Waals surface area contributed by atoms with Crippen molar-refractivity contribution in [2.75, 3.05) is 4.90 Å². The van der Waals surface area contributed by atoms with E-state index >= 15 is 0 Å². The summed E-state index contributed by atoms with van der Waals surface area (Å²) in [6.45, 7) is 0. The van der Waals surface area contributed by atoms with E-state index in [-0.39, 0.29) is 5.91 Å². The summed E-state index contributed by atoms with van der Waals surface area (Å²) in [5, 5.41) is 4.19. The van der Waals surface area contributed by atoms with E-state index in [0.717, 1.165) is 28.2 Å². The van der Waals surface area contributed by atoms with Gasteiger partial charge in [0.2, 0.25) is 0 Å². The van der Waals surface area contributed by atoms with Gasteiger partial charge in [-0.3, -0.25) is 9.69 Å². The van der Waals surface area contributed by atoms with Gasteiger partial charge in [0.05, 0.1) is 11.4 Å². The van der Waals surface area contributed by atoms with Crippen LogP contribution >= 0.6 is 11.3 Å². The molecule has 0 atom stereocenters. The molecule has 4 aromatic rings. The molecule has 0 saturated carbocycles. The number of carbonyl (C=O) groups is 1. The van der Waals surface area contributed by atoms with Gasteiger partial charge in [-0.05, 0) is 58.3 Å². The minimum atomic E-state index is -0.102. The van der Waals surface area contributed by atoms with Crippen LogP contribution in [0.1, 0.15) is 5.56 Å². The zero-order chi connectivity index (χ0) is 18.9. The van der Waals surface area contributed by atoms with E-state index in [1.165, 1.54) is 5.56 Å². The van der Waals surface area contributed by atoms with Crippen molar-refractivity contribution < 1.29 is 4.79 Å². The monoisotopic (exact) mass is 380 g/mol. The Labute approximate surface area is 167 Å². The summed E-state index contributed by atoms with van der Waals surface area (Å²) in [4.78, 5) is 19.7. The lowest BCUT2D eigenvalue weighted by Crippen LogP contribution is -2.25. The van der Waals surface area contributed by atoms with Crippen LogP contribution in [-0.4, -0.2) is 11.6 Å². The molecule has 1 aliphatic rings. The van der Waals surface area contributed by atoms with Crippen molar-refractivity contribution in [2.24, 2.45) is 4.99 Å². The summed E-state index contributed by atoms with van der Waals surface area (Å²) >= 11 is 1.68. The van der Waals surface area contributed by atoms with Crippen molar-refractivity contribution in [2.45, 2.75) is 0 Å². The Balaban J connectivity index is 1.55. The van der Waals surface area contributed by atoms with Crippen LogP contribution in [0.5, 0.6) is 0 Å². The third-order valence-corrected chi connectivity index (χ3v) is 5.47. The van der Waals surface area contributed by atoms with E-state index in [2.05, 4.69) is 16.8 Å². The topological polar surface area (TPSA) is 32.7 Å². The molecule has 0 bridgehead atoms. The van der Waals surface area contributed by atoms with Gasteiger partial charge in [-0.2, -0.15) is 11.3 Å². The number of benzene rings is 3. The Morgan fingerprint density at radius 1 is 0.750 bits per heavy atom. The molecule has 0 aliphatic carbocycles. The molecule has 1 aromatic heterocycles. The van der Waals surface area contributed by atoms with Crippen molar-refractivity contribution >= 4 is 40.0 Å². The first-order valence-corrected chi connectivity index (χ1v) is 9.96. The molecule has 0 spiro atoms. The fraction of sp³-hybridized carbons (Fsp3) is 0. The Morgan fingerprint density at radius 2 is 1.50 bits per heavy atom. The number of nitrogens with zero attached hydrogens (tertiary/aromatic N) is 2. The van der Waals surface area contributed by atoms with Gasteiger partial charge in [-0.1, -0.05) is 48.5 Å². The van der Waals surface area contributed by atoms with Crippen LogP contribution in [0.4, 0.5) is 17.1 Å². The van der Waals surface area contributed by atoms with E-state index < -0.39 is 0 Å². The maximum absolute atomic E-state index is 13.2. The maximum Gasteiger partial charge on any atom is 0.282 e. The number of amides is 1. The van der Waals surface area contributed by atoms with Gasteiger partial charge in [-0.15, -0.1) is 0 Å². The minimum absolute atomic E-state index is 0.102. The van der Waals surface area contributed by atoms with E-state index in [9.17, 15) is 4.79 Å². The first kappa shape index (κ1) is 16.7. The largest absolute Gasteiger partial charge is 0.282 e. The molecule has 0 saturated heterocycles. The molecule has 28 heavy (non-hydrogen) atoms. The van der Waals surface area contributed by atoms with Gasteiger partial charge in [0.25, 0.3) is 5.91 Å². The molecule has 1 amide bonds. The van der Waals surface area contributed by atoms with Crippen LogP contribution < -0.4 is 4.90 Å². The molecule has 4 heteroatoms. The second kappa shape index (κ2) is 6.91. The van der Waals surface area contributed by atoms with Gasteiger partial charge in [0.1, 0.15) is 5.71 Å². The predicted molar refractivity (Wildman–Crippen MR) is 116 cm³/mol. The predicted octanol–water partition coefficient (Wildman–Crippen LogP) is 6.21. The second-order valence-corrected chi connectivity index (χ2v) is 7.29. The summed E-state index contributed by atoms with van der Waals surface area (Å²) in [5.74, 6) is -0.102. The molecule has 134 valence electrons. The van der Waals surface area contributed by atoms with Gasteiger partial charge in [0.15, 0.2) is 0 Å². The van der Waals surface area contributed by atoms with Crippen molar-refractivity contribution in [3.8, 4) is 11.1 Å². The maximum atomic E-state index is 13.2. The van der Waals surface area contributed by atoms with Crippen LogP contribution in [0.15, 0.2) is 101 Å². The molecule has 0 N–H and O–H groups in total. The SMILES string of the molecule is O=C1C(=Nc2ccc(-c3ccsc3)cc2)c2ccccc2N1c1ccccc1. The van der Waals surface area contributed by atoms with Crippen LogP contribution in [0, 0.1) is 0 Å². The zero-order valence-corrected chi connectivity index (χ0v) is 15.8. The zero-order valence-electron chi connectivity index (χ0n) is 14.9. The molecular weight excluding hydrogens is 364 g/mol. The number of anilines is 2. The van der Waals surface area contributed by atoms with Crippen LogP contribution in [-0.2, 0) is 4.79 Å². The van der Waals surface area contributed by atoms with Crippen molar-refractivity contribution in [1.29, 1.82) is 0 Å². The molecule has 3 aromatic carbocycles. The highest BCUT2D eigenvalue weighted by Gasteiger charge is 2.34. The molecule has 1 aliphatic heterocycles. The minimum Gasteiger partial charge on any atom is -0.275 e. The van der Waals surface area contributed by atoms with Crippen LogP contribution in [0.2, 0.25) is 0 Å². The van der Waals surface area contributed by atoms with E-state index in [1.807, 2.05) is 78.9 Å². The number of thiophene rings is 1. The van der Waals surface area contributed by atoms with Crippen molar-refractivity contribution in [3.63, 3.8) is 0 Å². The van der Waals surface area contributed by atoms with Gasteiger partial charge in [-0.25, -0.2) is 4.99 Å². The van der Waals surface area contributed by atoms with E-state index in [4.69, 9.17) is 4.99 Å². The molecule has 2 heterocycles. The Kier molecular flexibility index (Phi) is 4.11. The fourth-order valence-electron chi connectivity index (χ4n) is 3.43. The number of rotatable bonds is 3.